The van der Waals surface area contributed by atoms with Crippen LogP contribution in [0.25, 0.3) is 0 Å². The van der Waals surface area contributed by atoms with E-state index in [2.05, 4.69) is 22.3 Å². The summed E-state index contributed by atoms with van der Waals surface area (Å²) in [5.41, 5.74) is 1.24. The van der Waals surface area contributed by atoms with Gasteiger partial charge in [0.1, 0.15) is 5.00 Å². The minimum absolute atomic E-state index is 0. The average molecular weight is 525 g/mol. The lowest BCUT2D eigenvalue weighted by Gasteiger charge is -2.27. The fraction of sp³-hybridized carbons (Fsp3) is 0.280. The Labute approximate surface area is 211 Å². The minimum atomic E-state index is -4.56. The maximum Gasteiger partial charge on any atom is 0.416 e. The van der Waals surface area contributed by atoms with Gasteiger partial charge in [0, 0.05) is 30.1 Å². The zero-order valence-corrected chi connectivity index (χ0v) is 20.5. The van der Waals surface area contributed by atoms with Gasteiger partial charge in [-0.3, -0.25) is 9.69 Å². The molecule has 1 N–H and O–H groups in total. The van der Waals surface area contributed by atoms with E-state index in [9.17, 15) is 22.8 Å². The minimum Gasteiger partial charge on any atom is -0.462 e. The molecule has 10 heteroatoms. The molecule has 186 valence electrons. The molecule has 5 nitrogen and oxygen atoms in total. The number of hydrogen-bond acceptors (Lipinski definition) is 5. The van der Waals surface area contributed by atoms with Crippen LogP contribution >= 0.6 is 23.7 Å². The number of alkyl halides is 3. The molecule has 2 aromatic carbocycles. The first-order valence-corrected chi connectivity index (χ1v) is 11.6. The number of esters is 1. The van der Waals surface area contributed by atoms with Crippen LogP contribution in [0.4, 0.5) is 18.2 Å². The van der Waals surface area contributed by atoms with E-state index in [1.54, 1.807) is 6.92 Å². The SMILES string of the molecule is CCOC(=O)c1c(NC(=O)c2cccc(C(F)(F)F)c2)sc2c1CCN(Cc1ccccc1)C2.Cl. The van der Waals surface area contributed by atoms with Crippen molar-refractivity contribution >= 4 is 40.6 Å². The van der Waals surface area contributed by atoms with Crippen molar-refractivity contribution in [1.29, 1.82) is 0 Å². The Morgan fingerprint density at radius 2 is 1.86 bits per heavy atom. The van der Waals surface area contributed by atoms with E-state index in [0.29, 0.717) is 23.5 Å². The van der Waals surface area contributed by atoms with E-state index < -0.39 is 23.6 Å². The summed E-state index contributed by atoms with van der Waals surface area (Å²) in [5.74, 6) is -1.26. The molecule has 0 saturated carbocycles. The summed E-state index contributed by atoms with van der Waals surface area (Å²) in [5, 5.41) is 2.96. The van der Waals surface area contributed by atoms with E-state index in [0.717, 1.165) is 35.7 Å². The van der Waals surface area contributed by atoms with E-state index in [1.807, 2.05) is 18.2 Å². The van der Waals surface area contributed by atoms with Crippen molar-refractivity contribution in [2.75, 3.05) is 18.5 Å². The second-order valence-corrected chi connectivity index (χ2v) is 9.01. The molecule has 1 aromatic heterocycles. The molecule has 3 aromatic rings. The molecule has 1 aliphatic heterocycles. The number of ether oxygens (including phenoxy) is 1. The van der Waals surface area contributed by atoms with Crippen LogP contribution < -0.4 is 5.32 Å². The summed E-state index contributed by atoms with van der Waals surface area (Å²) in [4.78, 5) is 28.7. The number of carbonyl (C=O) groups is 2. The third-order valence-electron chi connectivity index (χ3n) is 5.54. The van der Waals surface area contributed by atoms with Crippen molar-refractivity contribution < 1.29 is 27.5 Å². The summed E-state index contributed by atoms with van der Waals surface area (Å²) in [6.07, 6.45) is -3.96. The first kappa shape index (κ1) is 26.7. The van der Waals surface area contributed by atoms with Crippen molar-refractivity contribution in [3.8, 4) is 0 Å². The second kappa shape index (κ2) is 11.2. The lowest BCUT2D eigenvalue weighted by atomic mass is 10.0. The third kappa shape index (κ3) is 6.22. The first-order chi connectivity index (χ1) is 16.3. The molecule has 1 amide bonds. The van der Waals surface area contributed by atoms with Gasteiger partial charge < -0.3 is 10.1 Å². The van der Waals surface area contributed by atoms with Crippen molar-refractivity contribution in [2.45, 2.75) is 32.6 Å². The molecule has 0 saturated heterocycles. The molecule has 4 rings (SSSR count). The standard InChI is InChI=1S/C25H23F3N2O3S.ClH/c1-2-33-24(32)21-19-11-12-30(14-16-7-4-3-5-8-16)15-20(19)34-23(21)29-22(31)17-9-6-10-18(13-17)25(26,27)28;/h3-10,13H,2,11-12,14-15H2,1H3,(H,29,31);1H. The number of carbonyl (C=O) groups excluding carboxylic acids is 2. The van der Waals surface area contributed by atoms with Crippen LogP contribution in [0.3, 0.4) is 0 Å². The van der Waals surface area contributed by atoms with E-state index in [4.69, 9.17) is 4.74 Å². The number of anilines is 1. The van der Waals surface area contributed by atoms with Crippen LogP contribution in [-0.2, 0) is 30.4 Å². The summed E-state index contributed by atoms with van der Waals surface area (Å²) < 4.78 is 44.4. The Hall–Kier alpha value is -2.88. The van der Waals surface area contributed by atoms with E-state index in [1.165, 1.54) is 29.0 Å². The maximum atomic E-state index is 13.1. The van der Waals surface area contributed by atoms with Crippen molar-refractivity contribution in [3.63, 3.8) is 0 Å². The number of benzene rings is 2. The van der Waals surface area contributed by atoms with Gasteiger partial charge in [0.25, 0.3) is 5.91 Å². The Bertz CT molecular complexity index is 1200. The van der Waals surface area contributed by atoms with Crippen molar-refractivity contribution in [2.24, 2.45) is 0 Å². The van der Waals surface area contributed by atoms with Gasteiger partial charge in [-0.05, 0) is 42.7 Å². The topological polar surface area (TPSA) is 58.6 Å². The number of halogens is 4. The normalized spacial score (nSPS) is 13.5. The Morgan fingerprint density at radius 3 is 2.54 bits per heavy atom. The van der Waals surface area contributed by atoms with Crippen LogP contribution in [0.1, 0.15) is 49.2 Å². The van der Waals surface area contributed by atoms with E-state index >= 15 is 0 Å². The Morgan fingerprint density at radius 1 is 1.11 bits per heavy atom. The monoisotopic (exact) mass is 524 g/mol. The summed E-state index contributed by atoms with van der Waals surface area (Å²) in [7, 11) is 0. The van der Waals surface area contributed by atoms with Gasteiger partial charge in [-0.1, -0.05) is 36.4 Å². The average Bonchev–Trinajstić information content (AvgIpc) is 3.16. The fourth-order valence-electron chi connectivity index (χ4n) is 3.95. The highest BCUT2D eigenvalue weighted by molar-refractivity contribution is 7.17. The molecule has 0 aliphatic carbocycles. The van der Waals surface area contributed by atoms with E-state index in [-0.39, 0.29) is 24.6 Å². The first-order valence-electron chi connectivity index (χ1n) is 10.8. The molecule has 0 fully saturated rings. The van der Waals surface area contributed by atoms with Crippen LogP contribution in [0.5, 0.6) is 0 Å². The number of rotatable bonds is 6. The quantitative estimate of drug-likeness (QED) is 0.391. The highest BCUT2D eigenvalue weighted by Gasteiger charge is 2.32. The number of nitrogens with zero attached hydrogens (tertiary/aromatic N) is 1. The molecular formula is C25H24ClF3N2O3S. The number of hydrogen-bond donors (Lipinski definition) is 1. The van der Waals surface area contributed by atoms with Crippen molar-refractivity contribution in [3.05, 3.63) is 87.3 Å². The third-order valence-corrected chi connectivity index (χ3v) is 6.68. The molecule has 2 heterocycles. The van der Waals surface area contributed by atoms with Gasteiger partial charge in [0.05, 0.1) is 17.7 Å². The van der Waals surface area contributed by atoms with Crippen LogP contribution in [0, 0.1) is 0 Å². The predicted octanol–water partition coefficient (Wildman–Crippen LogP) is 6.18. The molecule has 0 bridgehead atoms. The van der Waals surface area contributed by atoms with Gasteiger partial charge in [-0.15, -0.1) is 23.7 Å². The Balaban J connectivity index is 0.00000342. The lowest BCUT2D eigenvalue weighted by molar-refractivity contribution is -0.137. The molecule has 0 atom stereocenters. The maximum absolute atomic E-state index is 13.1. The number of nitrogens with one attached hydrogen (secondary N) is 1. The zero-order valence-electron chi connectivity index (χ0n) is 18.9. The number of amides is 1. The molecule has 0 unspecified atom stereocenters. The number of thiophene rings is 1. The smallest absolute Gasteiger partial charge is 0.416 e. The molecule has 35 heavy (non-hydrogen) atoms. The Kier molecular flexibility index (Phi) is 8.58. The van der Waals surface area contributed by atoms with Crippen molar-refractivity contribution in [1.82, 2.24) is 4.90 Å². The van der Waals surface area contributed by atoms with Crippen LogP contribution in [0.15, 0.2) is 54.6 Å². The van der Waals surface area contributed by atoms with Crippen LogP contribution in [-0.4, -0.2) is 29.9 Å². The highest BCUT2D eigenvalue weighted by atomic mass is 35.5. The zero-order chi connectivity index (χ0) is 24.3. The fourth-order valence-corrected chi connectivity index (χ4v) is 5.23. The van der Waals surface area contributed by atoms with Gasteiger partial charge in [-0.2, -0.15) is 13.2 Å². The highest BCUT2D eigenvalue weighted by Crippen LogP contribution is 2.38. The predicted molar refractivity (Wildman–Crippen MR) is 131 cm³/mol. The molecule has 1 aliphatic rings. The van der Waals surface area contributed by atoms with Gasteiger partial charge >= 0.3 is 12.1 Å². The second-order valence-electron chi connectivity index (χ2n) is 7.91. The number of fused-ring (bicyclic) bond motifs is 1. The summed E-state index contributed by atoms with van der Waals surface area (Å²) in [6.45, 7) is 3.94. The molecule has 0 radical (unpaired) electrons. The largest absolute Gasteiger partial charge is 0.462 e. The summed E-state index contributed by atoms with van der Waals surface area (Å²) in [6, 6.07) is 14.2. The van der Waals surface area contributed by atoms with Gasteiger partial charge in [0.15, 0.2) is 0 Å². The van der Waals surface area contributed by atoms with Gasteiger partial charge in [0.2, 0.25) is 0 Å². The lowest BCUT2D eigenvalue weighted by Crippen LogP contribution is -2.29. The van der Waals surface area contributed by atoms with Crippen LogP contribution in [0.2, 0.25) is 0 Å². The molecule has 0 spiro atoms. The molecular weight excluding hydrogens is 501 g/mol. The van der Waals surface area contributed by atoms with Gasteiger partial charge in [-0.25, -0.2) is 4.79 Å². The summed E-state index contributed by atoms with van der Waals surface area (Å²) >= 11 is 1.27.